The van der Waals surface area contributed by atoms with E-state index >= 15 is 0 Å². The van der Waals surface area contributed by atoms with Gasteiger partial charge in [-0.15, -0.1) is 0 Å². The average molecular weight is 244 g/mol. The number of ether oxygens (including phenoxy) is 1. The normalized spacial score (nSPS) is 9.78. The first-order valence-corrected chi connectivity index (χ1v) is 5.20. The van der Waals surface area contributed by atoms with Gasteiger partial charge in [0.25, 0.3) is 0 Å². The highest BCUT2D eigenvalue weighted by Crippen LogP contribution is 2.22. The van der Waals surface area contributed by atoms with E-state index in [1.54, 1.807) is 42.6 Å². The zero-order chi connectivity index (χ0) is 13.0. The Hall–Kier alpha value is -2.76. The molecule has 6 nitrogen and oxygen atoms in total. The standard InChI is InChI=1S/C12H12N4O2/c13-10-2-1-7-15-11(10)16-8-3-5-9(6-4-8)18-12(14)17/h1-7H,13H2,(H2,14,17)(H,15,16). The molecule has 0 saturated carbocycles. The number of rotatable bonds is 3. The summed E-state index contributed by atoms with van der Waals surface area (Å²) in [5.74, 6) is 0.947. The van der Waals surface area contributed by atoms with E-state index in [-0.39, 0.29) is 0 Å². The van der Waals surface area contributed by atoms with Crippen molar-refractivity contribution in [3.8, 4) is 5.75 Å². The third kappa shape index (κ3) is 2.88. The highest BCUT2D eigenvalue weighted by molar-refractivity contribution is 5.70. The number of anilines is 3. The minimum atomic E-state index is -0.843. The van der Waals surface area contributed by atoms with Crippen molar-refractivity contribution in [2.45, 2.75) is 0 Å². The summed E-state index contributed by atoms with van der Waals surface area (Å²) in [6.45, 7) is 0. The topological polar surface area (TPSA) is 103 Å². The summed E-state index contributed by atoms with van der Waals surface area (Å²) < 4.78 is 4.71. The van der Waals surface area contributed by atoms with Gasteiger partial charge in [0.2, 0.25) is 0 Å². The van der Waals surface area contributed by atoms with Gasteiger partial charge in [-0.3, -0.25) is 0 Å². The molecule has 5 N–H and O–H groups in total. The molecule has 1 heterocycles. The molecule has 92 valence electrons. The fourth-order valence-electron chi connectivity index (χ4n) is 1.38. The van der Waals surface area contributed by atoms with E-state index in [1.807, 2.05) is 0 Å². The number of carbonyl (C=O) groups is 1. The highest BCUT2D eigenvalue weighted by atomic mass is 16.5. The first-order chi connectivity index (χ1) is 8.65. The van der Waals surface area contributed by atoms with Crippen LogP contribution in [0.3, 0.4) is 0 Å². The van der Waals surface area contributed by atoms with E-state index in [1.165, 1.54) is 0 Å². The van der Waals surface area contributed by atoms with Crippen LogP contribution in [0.2, 0.25) is 0 Å². The number of aromatic nitrogens is 1. The fourth-order valence-corrected chi connectivity index (χ4v) is 1.38. The highest BCUT2D eigenvalue weighted by Gasteiger charge is 2.01. The van der Waals surface area contributed by atoms with E-state index in [4.69, 9.17) is 16.2 Å². The zero-order valence-corrected chi connectivity index (χ0v) is 9.46. The molecule has 0 spiro atoms. The lowest BCUT2D eigenvalue weighted by molar-refractivity contribution is 0.211. The van der Waals surface area contributed by atoms with Crippen molar-refractivity contribution >= 4 is 23.3 Å². The summed E-state index contributed by atoms with van der Waals surface area (Å²) >= 11 is 0. The monoisotopic (exact) mass is 244 g/mol. The SMILES string of the molecule is NC(=O)Oc1ccc(Nc2ncccc2N)cc1. The molecule has 1 aromatic carbocycles. The molecule has 0 radical (unpaired) electrons. The largest absolute Gasteiger partial charge is 0.411 e. The first-order valence-electron chi connectivity index (χ1n) is 5.20. The summed E-state index contributed by atoms with van der Waals surface area (Å²) in [5, 5.41) is 3.04. The summed E-state index contributed by atoms with van der Waals surface area (Å²) in [6, 6.07) is 10.2. The molecule has 0 fully saturated rings. The number of carbonyl (C=O) groups excluding carboxylic acids is 1. The summed E-state index contributed by atoms with van der Waals surface area (Å²) in [7, 11) is 0. The third-order valence-corrected chi connectivity index (χ3v) is 2.17. The van der Waals surface area contributed by atoms with Crippen LogP contribution in [0, 0.1) is 0 Å². The maximum absolute atomic E-state index is 10.5. The smallest absolute Gasteiger partial charge is 0.409 e. The van der Waals surface area contributed by atoms with Crippen molar-refractivity contribution < 1.29 is 9.53 Å². The van der Waals surface area contributed by atoms with Crippen LogP contribution in [0.5, 0.6) is 5.75 Å². The lowest BCUT2D eigenvalue weighted by atomic mass is 10.3. The van der Waals surface area contributed by atoms with Crippen LogP contribution < -0.4 is 21.5 Å². The average Bonchev–Trinajstić information content (AvgIpc) is 2.34. The molecule has 6 heteroatoms. The van der Waals surface area contributed by atoms with Crippen LogP contribution in [0.4, 0.5) is 22.0 Å². The van der Waals surface area contributed by atoms with Crippen molar-refractivity contribution in [1.29, 1.82) is 0 Å². The van der Waals surface area contributed by atoms with Gasteiger partial charge in [-0.05, 0) is 36.4 Å². The van der Waals surface area contributed by atoms with E-state index < -0.39 is 6.09 Å². The molecule has 1 amide bonds. The molecule has 0 aliphatic carbocycles. The van der Waals surface area contributed by atoms with Gasteiger partial charge in [-0.1, -0.05) is 0 Å². The van der Waals surface area contributed by atoms with Gasteiger partial charge in [0.05, 0.1) is 5.69 Å². The number of hydrogen-bond donors (Lipinski definition) is 3. The third-order valence-electron chi connectivity index (χ3n) is 2.17. The Kier molecular flexibility index (Phi) is 3.29. The number of hydrogen-bond acceptors (Lipinski definition) is 5. The van der Waals surface area contributed by atoms with Gasteiger partial charge in [0, 0.05) is 11.9 Å². The molecule has 0 aliphatic rings. The number of amides is 1. The van der Waals surface area contributed by atoms with Crippen LogP contribution in [0.15, 0.2) is 42.6 Å². The van der Waals surface area contributed by atoms with Crippen molar-refractivity contribution in [3.05, 3.63) is 42.6 Å². The van der Waals surface area contributed by atoms with Crippen molar-refractivity contribution in [2.24, 2.45) is 5.73 Å². The number of nitrogens with two attached hydrogens (primary N) is 2. The van der Waals surface area contributed by atoms with Crippen LogP contribution in [0.1, 0.15) is 0 Å². The molecule has 0 bridgehead atoms. The lowest BCUT2D eigenvalue weighted by Gasteiger charge is -2.08. The fraction of sp³-hybridized carbons (Fsp3) is 0. The van der Waals surface area contributed by atoms with Gasteiger partial charge in [-0.25, -0.2) is 9.78 Å². The minimum Gasteiger partial charge on any atom is -0.411 e. The maximum atomic E-state index is 10.5. The van der Waals surface area contributed by atoms with E-state index in [0.717, 1.165) is 5.69 Å². The predicted molar refractivity (Wildman–Crippen MR) is 68.6 cm³/mol. The van der Waals surface area contributed by atoms with E-state index in [0.29, 0.717) is 17.3 Å². The number of pyridine rings is 1. The van der Waals surface area contributed by atoms with Gasteiger partial charge >= 0.3 is 6.09 Å². The van der Waals surface area contributed by atoms with E-state index in [2.05, 4.69) is 10.3 Å². The summed E-state index contributed by atoms with van der Waals surface area (Å²) in [5.41, 5.74) is 12.0. The molecule has 2 rings (SSSR count). The molecule has 2 aromatic rings. The Balaban J connectivity index is 2.11. The summed E-state index contributed by atoms with van der Waals surface area (Å²) in [6.07, 6.45) is 0.799. The predicted octanol–water partition coefficient (Wildman–Crippen LogP) is 1.86. The number of nitrogens with one attached hydrogen (secondary N) is 1. The molecule has 0 atom stereocenters. The Morgan fingerprint density at radius 3 is 2.56 bits per heavy atom. The minimum absolute atomic E-state index is 0.377. The van der Waals surface area contributed by atoms with Gasteiger partial charge in [0.15, 0.2) is 5.82 Å². The second kappa shape index (κ2) is 5.05. The number of nitrogen functional groups attached to an aromatic ring is 1. The molecular formula is C12H12N4O2. The Bertz CT molecular complexity index is 554. The quantitative estimate of drug-likeness (QED) is 0.764. The second-order valence-corrected chi connectivity index (χ2v) is 3.51. The van der Waals surface area contributed by atoms with Gasteiger partial charge in [-0.2, -0.15) is 0 Å². The number of benzene rings is 1. The Labute approximate surface area is 104 Å². The molecule has 18 heavy (non-hydrogen) atoms. The first kappa shape index (κ1) is 11.7. The molecule has 0 saturated heterocycles. The Morgan fingerprint density at radius 2 is 1.94 bits per heavy atom. The number of primary amides is 1. The van der Waals surface area contributed by atoms with Crippen LogP contribution in [0.25, 0.3) is 0 Å². The van der Waals surface area contributed by atoms with Gasteiger partial charge < -0.3 is 21.5 Å². The number of nitrogens with zero attached hydrogens (tertiary/aromatic N) is 1. The van der Waals surface area contributed by atoms with Crippen LogP contribution >= 0.6 is 0 Å². The van der Waals surface area contributed by atoms with Crippen LogP contribution in [-0.2, 0) is 0 Å². The maximum Gasteiger partial charge on any atom is 0.409 e. The lowest BCUT2D eigenvalue weighted by Crippen LogP contribution is -2.16. The van der Waals surface area contributed by atoms with Crippen molar-refractivity contribution in [2.75, 3.05) is 11.1 Å². The van der Waals surface area contributed by atoms with E-state index in [9.17, 15) is 4.79 Å². The van der Waals surface area contributed by atoms with Crippen LogP contribution in [-0.4, -0.2) is 11.1 Å². The molecule has 1 aromatic heterocycles. The Morgan fingerprint density at radius 1 is 1.22 bits per heavy atom. The van der Waals surface area contributed by atoms with Crippen molar-refractivity contribution in [1.82, 2.24) is 4.98 Å². The second-order valence-electron chi connectivity index (χ2n) is 3.51. The van der Waals surface area contributed by atoms with Crippen molar-refractivity contribution in [3.63, 3.8) is 0 Å². The van der Waals surface area contributed by atoms with Gasteiger partial charge in [0.1, 0.15) is 5.75 Å². The molecule has 0 aliphatic heterocycles. The molecule has 0 unspecified atom stereocenters. The summed E-state index contributed by atoms with van der Waals surface area (Å²) in [4.78, 5) is 14.7. The zero-order valence-electron chi connectivity index (χ0n) is 9.46. The molecular weight excluding hydrogens is 232 g/mol.